The van der Waals surface area contributed by atoms with Crippen LogP contribution in [0.1, 0.15) is 34.8 Å². The van der Waals surface area contributed by atoms with Crippen LogP contribution in [0.4, 0.5) is 0 Å². The first kappa shape index (κ1) is 17.3. The molecule has 0 radical (unpaired) electrons. The minimum Gasteiger partial charge on any atom is -0.379 e. The number of nitrogens with one attached hydrogen (secondary N) is 1. The molecule has 28 heavy (non-hydrogen) atoms. The van der Waals surface area contributed by atoms with Crippen molar-refractivity contribution in [2.45, 2.75) is 38.3 Å². The van der Waals surface area contributed by atoms with Crippen LogP contribution in [-0.2, 0) is 24.1 Å². The Morgan fingerprint density at radius 2 is 2.11 bits per heavy atom. The molecule has 1 amide bonds. The average Bonchev–Trinajstić information content (AvgIpc) is 3.35. The smallest absolute Gasteiger partial charge is 0.289 e. The van der Waals surface area contributed by atoms with E-state index in [1.807, 2.05) is 29.0 Å². The molecule has 2 atom stereocenters. The lowest BCUT2D eigenvalue weighted by Gasteiger charge is -2.20. The summed E-state index contributed by atoms with van der Waals surface area (Å²) < 4.78 is 7.67. The number of nitrogens with zero attached hydrogens (tertiary/aromatic N) is 4. The predicted octanol–water partition coefficient (Wildman–Crippen LogP) is 2.15. The SMILES string of the molecule is O=C(N[C@@H]1COC[C@H]1Cc1ccnc2ccccc12)c1nnc2n1CCCC2. The number of benzene rings is 1. The van der Waals surface area contributed by atoms with Crippen molar-refractivity contribution in [2.75, 3.05) is 13.2 Å². The Hall–Kier alpha value is -2.80. The van der Waals surface area contributed by atoms with Gasteiger partial charge in [0, 0.05) is 30.5 Å². The number of aryl methyl sites for hydroxylation is 1. The molecule has 4 heterocycles. The first-order chi connectivity index (χ1) is 13.8. The van der Waals surface area contributed by atoms with E-state index < -0.39 is 0 Å². The molecule has 5 rings (SSSR count). The monoisotopic (exact) mass is 377 g/mol. The number of carbonyl (C=O) groups is 1. The van der Waals surface area contributed by atoms with Crippen molar-refractivity contribution in [1.29, 1.82) is 0 Å². The number of carbonyl (C=O) groups excluding carboxylic acids is 1. The summed E-state index contributed by atoms with van der Waals surface area (Å²) >= 11 is 0. The molecule has 1 N–H and O–H groups in total. The van der Waals surface area contributed by atoms with E-state index in [9.17, 15) is 4.79 Å². The van der Waals surface area contributed by atoms with Crippen LogP contribution in [0.15, 0.2) is 36.5 Å². The minimum atomic E-state index is -0.152. The highest BCUT2D eigenvalue weighted by molar-refractivity contribution is 5.91. The van der Waals surface area contributed by atoms with Gasteiger partial charge in [0.2, 0.25) is 5.82 Å². The highest BCUT2D eigenvalue weighted by atomic mass is 16.5. The number of aromatic nitrogens is 4. The molecule has 2 aromatic heterocycles. The Kier molecular flexibility index (Phi) is 4.52. The van der Waals surface area contributed by atoms with Crippen molar-refractivity contribution < 1.29 is 9.53 Å². The topological polar surface area (TPSA) is 81.9 Å². The quantitative estimate of drug-likeness (QED) is 0.753. The molecule has 7 nitrogen and oxygen atoms in total. The summed E-state index contributed by atoms with van der Waals surface area (Å²) in [7, 11) is 0. The van der Waals surface area contributed by atoms with Gasteiger partial charge in [0.15, 0.2) is 0 Å². The highest BCUT2D eigenvalue weighted by Crippen LogP contribution is 2.24. The van der Waals surface area contributed by atoms with E-state index in [0.717, 1.165) is 49.0 Å². The van der Waals surface area contributed by atoms with E-state index in [1.54, 1.807) is 0 Å². The molecule has 0 bridgehead atoms. The predicted molar refractivity (Wildman–Crippen MR) is 104 cm³/mol. The highest BCUT2D eigenvalue weighted by Gasteiger charge is 2.32. The molecule has 0 unspecified atom stereocenters. The van der Waals surface area contributed by atoms with E-state index in [-0.39, 0.29) is 17.9 Å². The summed E-state index contributed by atoms with van der Waals surface area (Å²) in [5.74, 6) is 1.41. The Bertz CT molecular complexity index is 1010. The Morgan fingerprint density at radius 1 is 1.18 bits per heavy atom. The standard InChI is InChI=1S/C21H23N5O2/c27-21(20-25-24-19-7-3-4-10-26(19)20)23-18-13-28-12-15(18)11-14-8-9-22-17-6-2-1-5-16(14)17/h1-2,5-6,8-9,15,18H,3-4,7,10-13H2,(H,23,27)/t15-,18-/m1/s1. The third-order valence-corrected chi connectivity index (χ3v) is 5.80. The number of amides is 1. The van der Waals surface area contributed by atoms with Crippen molar-refractivity contribution in [2.24, 2.45) is 5.92 Å². The second-order valence-electron chi connectivity index (χ2n) is 7.62. The van der Waals surface area contributed by atoms with Gasteiger partial charge in [0.25, 0.3) is 5.91 Å². The van der Waals surface area contributed by atoms with E-state index in [4.69, 9.17) is 4.74 Å². The molecule has 0 aliphatic carbocycles. The number of fused-ring (bicyclic) bond motifs is 2. The van der Waals surface area contributed by atoms with Crippen LogP contribution in [0, 0.1) is 5.92 Å². The summed E-state index contributed by atoms with van der Waals surface area (Å²) in [4.78, 5) is 17.3. The lowest BCUT2D eigenvalue weighted by molar-refractivity contribution is 0.0908. The summed E-state index contributed by atoms with van der Waals surface area (Å²) in [6, 6.07) is 10.2. The first-order valence-corrected chi connectivity index (χ1v) is 9.93. The van der Waals surface area contributed by atoms with Gasteiger partial charge in [-0.2, -0.15) is 0 Å². The fraction of sp³-hybridized carbons (Fsp3) is 0.429. The molecule has 1 saturated heterocycles. The van der Waals surface area contributed by atoms with E-state index in [1.165, 1.54) is 5.56 Å². The lowest BCUT2D eigenvalue weighted by Crippen LogP contribution is -2.41. The van der Waals surface area contributed by atoms with Gasteiger partial charge in [-0.15, -0.1) is 10.2 Å². The van der Waals surface area contributed by atoms with E-state index >= 15 is 0 Å². The Labute approximate surface area is 163 Å². The molecule has 2 aliphatic rings. The zero-order valence-electron chi connectivity index (χ0n) is 15.7. The second-order valence-corrected chi connectivity index (χ2v) is 7.62. The van der Waals surface area contributed by atoms with Gasteiger partial charge >= 0.3 is 0 Å². The molecule has 7 heteroatoms. The lowest BCUT2D eigenvalue weighted by atomic mass is 9.93. The van der Waals surface area contributed by atoms with E-state index in [0.29, 0.717) is 19.0 Å². The molecule has 2 aliphatic heterocycles. The zero-order chi connectivity index (χ0) is 18.9. The third-order valence-electron chi connectivity index (χ3n) is 5.80. The van der Waals surface area contributed by atoms with Crippen LogP contribution >= 0.6 is 0 Å². The van der Waals surface area contributed by atoms with Crippen molar-refractivity contribution in [1.82, 2.24) is 25.1 Å². The largest absolute Gasteiger partial charge is 0.379 e. The third kappa shape index (κ3) is 3.16. The summed E-state index contributed by atoms with van der Waals surface area (Å²) in [5.41, 5.74) is 2.23. The summed E-state index contributed by atoms with van der Waals surface area (Å²) in [5, 5.41) is 12.6. The zero-order valence-corrected chi connectivity index (χ0v) is 15.7. The van der Waals surface area contributed by atoms with Gasteiger partial charge < -0.3 is 14.6 Å². The van der Waals surface area contributed by atoms with Crippen molar-refractivity contribution >= 4 is 16.8 Å². The number of pyridine rings is 1. The van der Waals surface area contributed by atoms with Gasteiger partial charge in [0.1, 0.15) is 5.82 Å². The van der Waals surface area contributed by atoms with Gasteiger partial charge in [-0.1, -0.05) is 18.2 Å². The number of hydrogen-bond donors (Lipinski definition) is 1. The van der Waals surface area contributed by atoms with Crippen LogP contribution < -0.4 is 5.32 Å². The van der Waals surface area contributed by atoms with Gasteiger partial charge in [-0.3, -0.25) is 9.78 Å². The van der Waals surface area contributed by atoms with Crippen molar-refractivity contribution in [3.8, 4) is 0 Å². The maximum atomic E-state index is 12.8. The molecule has 0 spiro atoms. The fourth-order valence-electron chi connectivity index (χ4n) is 4.28. The average molecular weight is 377 g/mol. The molecule has 1 aromatic carbocycles. The van der Waals surface area contributed by atoms with Gasteiger partial charge in [-0.25, -0.2) is 0 Å². The Morgan fingerprint density at radius 3 is 3.07 bits per heavy atom. The van der Waals surface area contributed by atoms with Crippen LogP contribution in [-0.4, -0.2) is 44.9 Å². The molecule has 0 saturated carbocycles. The molecule has 1 fully saturated rings. The maximum absolute atomic E-state index is 12.8. The molecular formula is C21H23N5O2. The second kappa shape index (κ2) is 7.31. The summed E-state index contributed by atoms with van der Waals surface area (Å²) in [6.45, 7) is 1.98. The van der Waals surface area contributed by atoms with Crippen LogP contribution in [0.25, 0.3) is 10.9 Å². The molecular weight excluding hydrogens is 354 g/mol. The molecule has 144 valence electrons. The summed E-state index contributed by atoms with van der Waals surface area (Å²) in [6.07, 6.45) is 5.76. The maximum Gasteiger partial charge on any atom is 0.289 e. The number of ether oxygens (including phenoxy) is 1. The Balaban J connectivity index is 1.33. The van der Waals surface area contributed by atoms with Gasteiger partial charge in [-0.05, 0) is 37.0 Å². The number of hydrogen-bond acceptors (Lipinski definition) is 5. The van der Waals surface area contributed by atoms with Crippen LogP contribution in [0.2, 0.25) is 0 Å². The first-order valence-electron chi connectivity index (χ1n) is 9.93. The number of rotatable bonds is 4. The van der Waals surface area contributed by atoms with Gasteiger partial charge in [0.05, 0.1) is 24.8 Å². The van der Waals surface area contributed by atoms with Crippen molar-refractivity contribution in [3.63, 3.8) is 0 Å². The molecule has 3 aromatic rings. The normalized spacial score (nSPS) is 21.6. The van der Waals surface area contributed by atoms with E-state index in [2.05, 4.69) is 32.6 Å². The minimum absolute atomic E-state index is 0.0315. The fourth-order valence-corrected chi connectivity index (χ4v) is 4.28. The number of para-hydroxylation sites is 1. The van der Waals surface area contributed by atoms with Crippen LogP contribution in [0.3, 0.4) is 0 Å². The van der Waals surface area contributed by atoms with Crippen molar-refractivity contribution in [3.05, 3.63) is 53.7 Å². The van der Waals surface area contributed by atoms with Crippen LogP contribution in [0.5, 0.6) is 0 Å².